The molecule has 0 unspecified atom stereocenters. The van der Waals surface area contributed by atoms with Crippen LogP contribution in [0.25, 0.3) is 0 Å². The average Bonchev–Trinajstić information content (AvgIpc) is 2.48. The summed E-state index contributed by atoms with van der Waals surface area (Å²) in [5, 5.41) is 2.80. The molecule has 110 valence electrons. The standard InChI is InChI=1S/C16H16FNO2S/c1-20-15-8-3-2-7-14(15)18-16(19)11-21-10-12-5-4-6-13(17)9-12/h2-9H,10-11H2,1H3,(H,18,19). The fourth-order valence-corrected chi connectivity index (χ4v) is 2.60. The monoisotopic (exact) mass is 305 g/mol. The third kappa shape index (κ3) is 4.79. The lowest BCUT2D eigenvalue weighted by molar-refractivity contribution is -0.113. The van der Waals surface area contributed by atoms with E-state index in [2.05, 4.69) is 5.32 Å². The van der Waals surface area contributed by atoms with Gasteiger partial charge in [-0.05, 0) is 29.8 Å². The third-order valence-electron chi connectivity index (χ3n) is 2.77. The van der Waals surface area contributed by atoms with Crippen LogP contribution in [-0.4, -0.2) is 18.8 Å². The number of benzene rings is 2. The Bertz CT molecular complexity index is 619. The number of thioether (sulfide) groups is 1. The highest BCUT2D eigenvalue weighted by Gasteiger charge is 2.07. The molecule has 3 nitrogen and oxygen atoms in total. The van der Waals surface area contributed by atoms with E-state index in [-0.39, 0.29) is 11.7 Å². The first-order chi connectivity index (χ1) is 10.2. The summed E-state index contributed by atoms with van der Waals surface area (Å²) in [6.07, 6.45) is 0. The fourth-order valence-electron chi connectivity index (χ4n) is 1.82. The molecule has 0 saturated carbocycles. The van der Waals surface area contributed by atoms with Gasteiger partial charge in [0.2, 0.25) is 5.91 Å². The summed E-state index contributed by atoms with van der Waals surface area (Å²) in [6.45, 7) is 0. The zero-order chi connectivity index (χ0) is 15.1. The fraction of sp³-hybridized carbons (Fsp3) is 0.188. The molecular weight excluding hydrogens is 289 g/mol. The molecule has 0 atom stereocenters. The highest BCUT2D eigenvalue weighted by Crippen LogP contribution is 2.23. The summed E-state index contributed by atoms with van der Waals surface area (Å²) in [5.74, 6) is 1.15. The van der Waals surface area contributed by atoms with Gasteiger partial charge in [-0.1, -0.05) is 24.3 Å². The Morgan fingerprint density at radius 2 is 2.05 bits per heavy atom. The van der Waals surface area contributed by atoms with Crippen molar-refractivity contribution in [3.63, 3.8) is 0 Å². The molecule has 1 N–H and O–H groups in total. The first-order valence-electron chi connectivity index (χ1n) is 6.44. The molecule has 2 aromatic rings. The summed E-state index contributed by atoms with van der Waals surface area (Å²) >= 11 is 1.44. The van der Waals surface area contributed by atoms with Crippen molar-refractivity contribution in [3.8, 4) is 5.75 Å². The lowest BCUT2D eigenvalue weighted by Crippen LogP contribution is -2.14. The van der Waals surface area contributed by atoms with E-state index in [9.17, 15) is 9.18 Å². The number of methoxy groups -OCH3 is 1. The number of rotatable bonds is 6. The Balaban J connectivity index is 1.82. The number of para-hydroxylation sites is 2. The van der Waals surface area contributed by atoms with Gasteiger partial charge in [-0.25, -0.2) is 4.39 Å². The predicted octanol–water partition coefficient (Wildman–Crippen LogP) is 3.71. The van der Waals surface area contributed by atoms with Gasteiger partial charge in [0.15, 0.2) is 0 Å². The smallest absolute Gasteiger partial charge is 0.234 e. The van der Waals surface area contributed by atoms with Crippen LogP contribution in [0.3, 0.4) is 0 Å². The van der Waals surface area contributed by atoms with E-state index in [4.69, 9.17) is 4.74 Å². The van der Waals surface area contributed by atoms with Crippen molar-refractivity contribution in [2.75, 3.05) is 18.2 Å². The van der Waals surface area contributed by atoms with Gasteiger partial charge in [0, 0.05) is 5.75 Å². The lowest BCUT2D eigenvalue weighted by atomic mass is 10.2. The van der Waals surface area contributed by atoms with Crippen LogP contribution >= 0.6 is 11.8 Å². The van der Waals surface area contributed by atoms with Crippen molar-refractivity contribution in [2.24, 2.45) is 0 Å². The molecule has 0 bridgehead atoms. The molecule has 0 aromatic heterocycles. The Morgan fingerprint density at radius 1 is 1.24 bits per heavy atom. The minimum atomic E-state index is -0.258. The third-order valence-corrected chi connectivity index (χ3v) is 3.78. The molecule has 0 aliphatic rings. The Hall–Kier alpha value is -2.01. The molecule has 2 aromatic carbocycles. The van der Waals surface area contributed by atoms with Gasteiger partial charge >= 0.3 is 0 Å². The lowest BCUT2D eigenvalue weighted by Gasteiger charge is -2.09. The second-order valence-electron chi connectivity index (χ2n) is 4.37. The number of halogens is 1. The molecule has 21 heavy (non-hydrogen) atoms. The largest absolute Gasteiger partial charge is 0.495 e. The van der Waals surface area contributed by atoms with Crippen molar-refractivity contribution >= 4 is 23.4 Å². The maximum atomic E-state index is 13.0. The number of carbonyl (C=O) groups is 1. The first-order valence-corrected chi connectivity index (χ1v) is 7.59. The molecule has 0 saturated heterocycles. The van der Waals surface area contributed by atoms with E-state index >= 15 is 0 Å². The second-order valence-corrected chi connectivity index (χ2v) is 5.36. The van der Waals surface area contributed by atoms with Gasteiger partial charge in [-0.15, -0.1) is 11.8 Å². The van der Waals surface area contributed by atoms with Gasteiger partial charge in [0.1, 0.15) is 11.6 Å². The molecule has 0 aliphatic carbocycles. The van der Waals surface area contributed by atoms with Crippen molar-refractivity contribution in [1.29, 1.82) is 0 Å². The molecule has 2 rings (SSSR count). The van der Waals surface area contributed by atoms with E-state index < -0.39 is 0 Å². The molecular formula is C16H16FNO2S. The van der Waals surface area contributed by atoms with Crippen LogP contribution in [0.5, 0.6) is 5.75 Å². The molecule has 0 heterocycles. The molecule has 0 aliphatic heterocycles. The molecule has 0 spiro atoms. The molecule has 0 radical (unpaired) electrons. The average molecular weight is 305 g/mol. The minimum absolute atomic E-state index is 0.110. The van der Waals surface area contributed by atoms with Crippen LogP contribution in [-0.2, 0) is 10.5 Å². The zero-order valence-electron chi connectivity index (χ0n) is 11.6. The van der Waals surface area contributed by atoms with Gasteiger partial charge < -0.3 is 10.1 Å². The Labute approximate surface area is 127 Å². The number of nitrogens with one attached hydrogen (secondary N) is 1. The maximum absolute atomic E-state index is 13.0. The van der Waals surface area contributed by atoms with Gasteiger partial charge in [0.25, 0.3) is 0 Å². The van der Waals surface area contributed by atoms with Crippen molar-refractivity contribution in [1.82, 2.24) is 0 Å². The van der Waals surface area contributed by atoms with E-state index in [1.807, 2.05) is 18.2 Å². The van der Waals surface area contributed by atoms with E-state index in [0.29, 0.717) is 22.9 Å². The van der Waals surface area contributed by atoms with Crippen LogP contribution in [0.15, 0.2) is 48.5 Å². The summed E-state index contributed by atoms with van der Waals surface area (Å²) < 4.78 is 18.2. The highest BCUT2D eigenvalue weighted by atomic mass is 32.2. The predicted molar refractivity (Wildman–Crippen MR) is 84.2 cm³/mol. The summed E-state index contributed by atoms with van der Waals surface area (Å²) in [4.78, 5) is 11.9. The van der Waals surface area contributed by atoms with Gasteiger partial charge in [0.05, 0.1) is 18.6 Å². The molecule has 0 fully saturated rings. The number of hydrogen-bond donors (Lipinski definition) is 1. The summed E-state index contributed by atoms with van der Waals surface area (Å²) in [7, 11) is 1.56. The first kappa shape index (κ1) is 15.4. The van der Waals surface area contributed by atoms with Crippen LogP contribution in [0.4, 0.5) is 10.1 Å². The van der Waals surface area contributed by atoms with E-state index in [1.165, 1.54) is 23.9 Å². The van der Waals surface area contributed by atoms with Crippen LogP contribution in [0, 0.1) is 5.82 Å². The zero-order valence-corrected chi connectivity index (χ0v) is 12.5. The van der Waals surface area contributed by atoms with Crippen LogP contribution in [0.2, 0.25) is 0 Å². The Kier molecular flexibility index (Phi) is 5.63. The quantitative estimate of drug-likeness (QED) is 0.884. The molecule has 1 amide bonds. The topological polar surface area (TPSA) is 38.3 Å². The van der Waals surface area contributed by atoms with E-state index in [0.717, 1.165) is 5.56 Å². The summed E-state index contributed by atoms with van der Waals surface area (Å²) in [6, 6.07) is 13.6. The van der Waals surface area contributed by atoms with Crippen LogP contribution < -0.4 is 10.1 Å². The van der Waals surface area contributed by atoms with Crippen molar-refractivity contribution in [2.45, 2.75) is 5.75 Å². The Morgan fingerprint density at radius 3 is 2.81 bits per heavy atom. The van der Waals surface area contributed by atoms with Crippen molar-refractivity contribution < 1.29 is 13.9 Å². The van der Waals surface area contributed by atoms with E-state index in [1.54, 1.807) is 25.3 Å². The number of anilines is 1. The number of amides is 1. The number of hydrogen-bond acceptors (Lipinski definition) is 3. The maximum Gasteiger partial charge on any atom is 0.234 e. The normalized spacial score (nSPS) is 10.2. The minimum Gasteiger partial charge on any atom is -0.495 e. The number of carbonyl (C=O) groups excluding carboxylic acids is 1. The second kappa shape index (κ2) is 7.69. The highest BCUT2D eigenvalue weighted by molar-refractivity contribution is 7.99. The van der Waals surface area contributed by atoms with Gasteiger partial charge in [-0.3, -0.25) is 4.79 Å². The summed E-state index contributed by atoms with van der Waals surface area (Å²) in [5.41, 5.74) is 1.52. The SMILES string of the molecule is COc1ccccc1NC(=O)CSCc1cccc(F)c1. The van der Waals surface area contributed by atoms with Crippen molar-refractivity contribution in [3.05, 3.63) is 59.9 Å². The molecule has 5 heteroatoms. The van der Waals surface area contributed by atoms with Crippen LogP contribution in [0.1, 0.15) is 5.56 Å². The number of ether oxygens (including phenoxy) is 1. The van der Waals surface area contributed by atoms with Gasteiger partial charge in [-0.2, -0.15) is 0 Å².